The third kappa shape index (κ3) is 9.87. The topological polar surface area (TPSA) is 119 Å². The maximum atomic E-state index is 11.9. The zero-order chi connectivity index (χ0) is 20.0. The van der Waals surface area contributed by atoms with Gasteiger partial charge in [-0.3, -0.25) is 4.79 Å². The molecule has 26 heavy (non-hydrogen) atoms. The second-order valence-electron chi connectivity index (χ2n) is 6.91. The van der Waals surface area contributed by atoms with E-state index in [2.05, 4.69) is 5.32 Å². The number of ether oxygens (including phenoxy) is 1. The summed E-state index contributed by atoms with van der Waals surface area (Å²) in [6, 6.07) is 5.87. The number of hydrogen-bond acceptors (Lipinski definition) is 6. The lowest BCUT2D eigenvalue weighted by molar-refractivity contribution is -0.137. The number of benzene rings is 1. The number of carboxylic acid groups (broad SMARTS) is 1. The average molecular weight is 387 g/mol. The van der Waals surface area contributed by atoms with Crippen LogP contribution < -0.4 is 9.50 Å². The Morgan fingerprint density at radius 1 is 1.19 bits per heavy atom. The summed E-state index contributed by atoms with van der Waals surface area (Å²) in [6.07, 6.45) is 0.829. The van der Waals surface area contributed by atoms with Gasteiger partial charge in [0.25, 0.3) is 0 Å². The van der Waals surface area contributed by atoms with Gasteiger partial charge in [-0.25, -0.2) is 4.79 Å². The minimum atomic E-state index is -3.60. The van der Waals surface area contributed by atoms with Crippen LogP contribution in [-0.4, -0.2) is 43.5 Å². The van der Waals surface area contributed by atoms with E-state index in [1.807, 2.05) is 0 Å². The largest absolute Gasteiger partial charge is 0.481 e. The molecule has 1 aromatic carbocycles. The molecule has 0 saturated carbocycles. The first kappa shape index (κ1) is 21.8. The molecule has 146 valence electrons. The van der Waals surface area contributed by atoms with E-state index in [1.165, 1.54) is 12.1 Å². The van der Waals surface area contributed by atoms with Gasteiger partial charge in [-0.15, -0.1) is 0 Å². The van der Waals surface area contributed by atoms with E-state index >= 15 is 0 Å². The van der Waals surface area contributed by atoms with E-state index in [0.717, 1.165) is 11.8 Å². The third-order valence-corrected chi connectivity index (χ3v) is 3.58. The maximum absolute atomic E-state index is 11.9. The Bertz CT molecular complexity index is 720. The molecule has 1 aromatic rings. The monoisotopic (exact) mass is 387 g/mol. The van der Waals surface area contributed by atoms with Gasteiger partial charge in [-0.05, 0) is 51.3 Å². The predicted octanol–water partition coefficient (Wildman–Crippen LogP) is 2.33. The molecule has 1 unspecified atom stereocenters. The smallest absolute Gasteiger partial charge is 0.407 e. The number of carbonyl (C=O) groups excluding carboxylic acids is 1. The van der Waals surface area contributed by atoms with Gasteiger partial charge in [-0.2, -0.15) is 8.42 Å². The fraction of sp³-hybridized carbons (Fsp3) is 0.529. The highest BCUT2D eigenvalue weighted by molar-refractivity contribution is 7.86. The van der Waals surface area contributed by atoms with E-state index in [-0.39, 0.29) is 18.6 Å². The highest BCUT2D eigenvalue weighted by Crippen LogP contribution is 2.16. The van der Waals surface area contributed by atoms with E-state index in [1.54, 1.807) is 32.9 Å². The molecule has 0 spiro atoms. The predicted molar refractivity (Wildman–Crippen MR) is 95.6 cm³/mol. The van der Waals surface area contributed by atoms with Gasteiger partial charge in [0.05, 0.1) is 6.26 Å². The van der Waals surface area contributed by atoms with E-state index in [0.29, 0.717) is 6.42 Å². The van der Waals surface area contributed by atoms with Crippen LogP contribution in [0.5, 0.6) is 5.75 Å². The van der Waals surface area contributed by atoms with Crippen LogP contribution in [0, 0.1) is 0 Å². The molecule has 2 N–H and O–H groups in total. The van der Waals surface area contributed by atoms with Gasteiger partial charge in [0, 0.05) is 12.5 Å². The molecule has 0 fully saturated rings. The van der Waals surface area contributed by atoms with Crippen molar-refractivity contribution in [2.45, 2.75) is 51.7 Å². The first-order chi connectivity index (χ1) is 11.8. The Balaban J connectivity index is 2.78. The van der Waals surface area contributed by atoms with Crippen molar-refractivity contribution in [3.63, 3.8) is 0 Å². The number of carbonyl (C=O) groups is 2. The standard InChI is InChI=1S/C17H25NO7S/c1-17(2,3)24-16(21)18-13(7-10-15(19)20)11-12-5-8-14(9-6-12)25-26(4,22)23/h5-6,8-9,13H,7,10-11H2,1-4H3,(H,18,21)(H,19,20). The van der Waals surface area contributed by atoms with Crippen LogP contribution in [0.25, 0.3) is 0 Å². The fourth-order valence-corrected chi connectivity index (χ4v) is 2.60. The minimum Gasteiger partial charge on any atom is -0.481 e. The molecule has 8 nitrogen and oxygen atoms in total. The van der Waals surface area contributed by atoms with Gasteiger partial charge < -0.3 is 19.3 Å². The number of amides is 1. The van der Waals surface area contributed by atoms with Crippen molar-refractivity contribution in [2.75, 3.05) is 6.26 Å². The molecule has 0 aliphatic rings. The maximum Gasteiger partial charge on any atom is 0.407 e. The molecule has 0 saturated heterocycles. The molecule has 0 radical (unpaired) electrons. The molecule has 0 aromatic heterocycles. The third-order valence-electron chi connectivity index (χ3n) is 3.08. The summed E-state index contributed by atoms with van der Waals surface area (Å²) < 4.78 is 32.2. The van der Waals surface area contributed by atoms with Gasteiger partial charge in [0.1, 0.15) is 11.4 Å². The molecule has 0 bridgehead atoms. The molecular weight excluding hydrogens is 362 g/mol. The molecule has 0 aliphatic carbocycles. The van der Waals surface area contributed by atoms with Gasteiger partial charge >= 0.3 is 22.2 Å². The van der Waals surface area contributed by atoms with Crippen LogP contribution in [0.3, 0.4) is 0 Å². The van der Waals surface area contributed by atoms with Crippen molar-refractivity contribution in [2.24, 2.45) is 0 Å². The number of hydrogen-bond donors (Lipinski definition) is 2. The summed E-state index contributed by atoms with van der Waals surface area (Å²) in [4.78, 5) is 22.8. The molecule has 9 heteroatoms. The van der Waals surface area contributed by atoms with Crippen LogP contribution >= 0.6 is 0 Å². The van der Waals surface area contributed by atoms with Gasteiger partial charge in [0.2, 0.25) is 0 Å². The van der Waals surface area contributed by atoms with Gasteiger partial charge in [0.15, 0.2) is 0 Å². The summed E-state index contributed by atoms with van der Waals surface area (Å²) in [7, 11) is -3.60. The minimum absolute atomic E-state index is 0.101. The van der Waals surface area contributed by atoms with E-state index in [4.69, 9.17) is 14.0 Å². The highest BCUT2D eigenvalue weighted by Gasteiger charge is 2.20. The Morgan fingerprint density at radius 2 is 1.77 bits per heavy atom. The average Bonchev–Trinajstić information content (AvgIpc) is 2.43. The van der Waals surface area contributed by atoms with Crippen molar-refractivity contribution in [1.82, 2.24) is 5.32 Å². The first-order valence-electron chi connectivity index (χ1n) is 8.04. The van der Waals surface area contributed by atoms with Crippen molar-refractivity contribution in [3.8, 4) is 5.75 Å². The molecular formula is C17H25NO7S. The van der Waals surface area contributed by atoms with Crippen molar-refractivity contribution in [3.05, 3.63) is 29.8 Å². The lowest BCUT2D eigenvalue weighted by Crippen LogP contribution is -2.40. The van der Waals surface area contributed by atoms with Crippen LogP contribution in [0.4, 0.5) is 4.79 Å². The fourth-order valence-electron chi connectivity index (χ4n) is 2.14. The summed E-state index contributed by atoms with van der Waals surface area (Å²) >= 11 is 0. The number of nitrogens with one attached hydrogen (secondary N) is 1. The SMILES string of the molecule is CC(C)(C)OC(=O)NC(CCC(=O)O)Cc1ccc(OS(C)(=O)=O)cc1. The first-order valence-corrected chi connectivity index (χ1v) is 9.85. The van der Waals surface area contributed by atoms with E-state index < -0.39 is 33.8 Å². The zero-order valence-electron chi connectivity index (χ0n) is 15.3. The van der Waals surface area contributed by atoms with Gasteiger partial charge in [-0.1, -0.05) is 12.1 Å². The summed E-state index contributed by atoms with van der Waals surface area (Å²) in [6.45, 7) is 5.21. The second kappa shape index (κ2) is 8.88. The molecule has 1 amide bonds. The summed E-state index contributed by atoms with van der Waals surface area (Å²) in [5, 5.41) is 11.6. The number of aliphatic carboxylic acids is 1. The van der Waals surface area contributed by atoms with Crippen LogP contribution in [-0.2, 0) is 26.1 Å². The lowest BCUT2D eigenvalue weighted by atomic mass is 10.0. The number of alkyl carbamates (subject to hydrolysis) is 1. The number of carboxylic acids is 1. The molecule has 0 aliphatic heterocycles. The molecule has 1 rings (SSSR count). The second-order valence-corrected chi connectivity index (χ2v) is 8.49. The normalized spacial score (nSPS) is 12.9. The van der Waals surface area contributed by atoms with Crippen LogP contribution in [0.1, 0.15) is 39.2 Å². The number of rotatable bonds is 8. The van der Waals surface area contributed by atoms with Crippen LogP contribution in [0.2, 0.25) is 0 Å². The Kier molecular flexibility index (Phi) is 7.43. The quantitative estimate of drug-likeness (QED) is 0.657. The Labute approximate surface area is 153 Å². The highest BCUT2D eigenvalue weighted by atomic mass is 32.2. The Hall–Kier alpha value is -2.29. The van der Waals surface area contributed by atoms with E-state index in [9.17, 15) is 18.0 Å². The van der Waals surface area contributed by atoms with Crippen molar-refractivity contribution < 1.29 is 32.0 Å². The van der Waals surface area contributed by atoms with Crippen molar-refractivity contribution in [1.29, 1.82) is 0 Å². The lowest BCUT2D eigenvalue weighted by Gasteiger charge is -2.23. The molecule has 0 heterocycles. The zero-order valence-corrected chi connectivity index (χ0v) is 16.1. The Morgan fingerprint density at radius 3 is 2.23 bits per heavy atom. The summed E-state index contributed by atoms with van der Waals surface area (Å²) in [5.74, 6) is -0.781. The van der Waals surface area contributed by atoms with Crippen molar-refractivity contribution >= 4 is 22.2 Å². The molecule has 1 atom stereocenters. The van der Waals surface area contributed by atoms with Crippen LogP contribution in [0.15, 0.2) is 24.3 Å². The summed E-state index contributed by atoms with van der Waals surface area (Å²) in [5.41, 5.74) is 0.129.